The third-order valence-corrected chi connectivity index (χ3v) is 21.5. The van der Waals surface area contributed by atoms with Crippen molar-refractivity contribution in [1.82, 2.24) is 27.4 Å². The van der Waals surface area contributed by atoms with Gasteiger partial charge in [-0.3, -0.25) is 0 Å². The number of fused-ring (bicyclic) bond motifs is 18. The average molecular weight is 1420 g/mol. The van der Waals surface area contributed by atoms with E-state index in [1.807, 2.05) is 48.5 Å². The summed E-state index contributed by atoms with van der Waals surface area (Å²) in [7, 11) is 0.706. The van der Waals surface area contributed by atoms with Crippen molar-refractivity contribution in [1.29, 1.82) is 0 Å². The molecule has 0 aliphatic rings. The molecule has 0 fully saturated rings. The predicted octanol–water partition coefficient (Wildman–Crippen LogP) is 25.0. The molecule has 1 N–H and O–H groups in total. The molecular weight excluding hydrogens is 1360 g/mol. The molecule has 499 valence electrons. The van der Waals surface area contributed by atoms with E-state index in [0.29, 0.717) is 13.4 Å². The lowest BCUT2D eigenvalue weighted by Gasteiger charge is -2.11. The van der Waals surface area contributed by atoms with Crippen LogP contribution in [0.3, 0.4) is 0 Å². The monoisotopic (exact) mass is 1420 g/mol. The van der Waals surface area contributed by atoms with Crippen molar-refractivity contribution >= 4 is 154 Å². The Balaban J connectivity index is 0.000000116. The van der Waals surface area contributed by atoms with Crippen LogP contribution in [-0.4, -0.2) is 40.1 Å². The second kappa shape index (κ2) is 25.8. The SMILES string of the molecule is Brc1ccc2c(c1)c1ccccc1n2-c1ccc2c3ccccc3n(-c3ccccc3)c2c1.O[B]Oc1ccc2c(c1)c1ccccc1n2-c1ccccc1.c1ccc(-n2c3ccccc3c3cc(-c4ccc5c(c4)c4ccccc4n5-c4ccc5c6ccccc6n(-c6ccccc6)c5c4)ccc32)cc1. The first-order valence-electron chi connectivity index (χ1n) is 35.7. The van der Waals surface area contributed by atoms with Gasteiger partial charge in [-0.05, 0) is 181 Å². The standard InChI is InChI=1S/C48H31N3.C30H19BrN2.C18H13BNO2/c1-3-13-34(14-4-1)49-44-21-11-8-18-38(44)41-29-32(23-27-46(41)49)33-24-28-47-42(30-33)39-19-9-12-22-45(39)51(47)36-25-26-40-37-17-7-10-20-43(37)50(48(40)31-36)35-15-5-2-6-16-35;31-20-14-17-29-26(18-20)24-11-5-7-13-28(24)33(29)22-15-16-25-23-10-4-6-12-27(23)32(30(25)19-22)21-8-2-1-3-9-21;21-19-22-14-10-11-18-16(12-14)15-8-4-5-9-17(15)20(18)13-6-2-1-3-7-13/h1-31H;1-19H;1-12,21H. The fraction of sp³-hybridized carbons (Fsp3) is 0. The molecule has 6 heterocycles. The molecule has 0 saturated heterocycles. The van der Waals surface area contributed by atoms with Crippen molar-refractivity contribution in [3.8, 4) is 51.0 Å². The Morgan fingerprint density at radius 2 is 0.453 bits per heavy atom. The molecule has 0 spiro atoms. The number of hydrogen-bond acceptors (Lipinski definition) is 2. The molecule has 0 amide bonds. The molecule has 0 atom stereocenters. The lowest BCUT2D eigenvalue weighted by Crippen LogP contribution is -1.99. The molecule has 8 nitrogen and oxygen atoms in total. The fourth-order valence-corrected chi connectivity index (χ4v) is 16.9. The van der Waals surface area contributed by atoms with Crippen LogP contribution in [-0.2, 0) is 0 Å². The quantitative estimate of drug-likeness (QED) is 0.146. The molecule has 22 aromatic rings. The molecule has 106 heavy (non-hydrogen) atoms. The van der Waals surface area contributed by atoms with E-state index >= 15 is 0 Å². The minimum absolute atomic E-state index is 0.617. The maximum absolute atomic E-state index is 8.84. The van der Waals surface area contributed by atoms with Crippen LogP contribution >= 0.6 is 15.9 Å². The van der Waals surface area contributed by atoms with E-state index in [2.05, 4.69) is 371 Å². The molecule has 0 unspecified atom stereocenters. The van der Waals surface area contributed by atoms with E-state index in [1.165, 1.54) is 132 Å². The highest BCUT2D eigenvalue weighted by Gasteiger charge is 2.22. The van der Waals surface area contributed by atoms with Gasteiger partial charge in [-0.15, -0.1) is 0 Å². The van der Waals surface area contributed by atoms with E-state index in [-0.39, 0.29) is 0 Å². The Morgan fingerprint density at radius 1 is 0.198 bits per heavy atom. The van der Waals surface area contributed by atoms with E-state index in [4.69, 9.17) is 9.68 Å². The first-order valence-corrected chi connectivity index (χ1v) is 36.5. The van der Waals surface area contributed by atoms with E-state index < -0.39 is 0 Å². The lowest BCUT2D eigenvalue weighted by atomic mass is 10.0. The molecule has 16 aromatic carbocycles. The van der Waals surface area contributed by atoms with Crippen molar-refractivity contribution < 1.29 is 9.68 Å². The fourth-order valence-electron chi connectivity index (χ4n) is 16.5. The van der Waals surface area contributed by atoms with Crippen LogP contribution in [0.5, 0.6) is 5.75 Å². The molecule has 0 bridgehead atoms. The number of para-hydroxylation sites is 10. The van der Waals surface area contributed by atoms with Crippen LogP contribution in [0.4, 0.5) is 0 Å². The van der Waals surface area contributed by atoms with E-state index in [9.17, 15) is 0 Å². The van der Waals surface area contributed by atoms with Crippen molar-refractivity contribution in [3.63, 3.8) is 0 Å². The Morgan fingerprint density at radius 3 is 0.802 bits per heavy atom. The Hall–Kier alpha value is -13.4. The molecule has 22 rings (SSSR count). The maximum Gasteiger partial charge on any atom is 0.569 e. The molecule has 0 aliphatic carbocycles. The van der Waals surface area contributed by atoms with E-state index in [0.717, 1.165) is 49.0 Å². The topological polar surface area (TPSA) is 59.0 Å². The van der Waals surface area contributed by atoms with Crippen LogP contribution in [0.2, 0.25) is 0 Å². The Kier molecular flexibility index (Phi) is 15.2. The second-order valence-electron chi connectivity index (χ2n) is 26.9. The number of benzene rings is 16. The molecule has 10 heteroatoms. The van der Waals surface area contributed by atoms with Crippen LogP contribution < -0.4 is 4.65 Å². The largest absolute Gasteiger partial charge is 0.569 e. The van der Waals surface area contributed by atoms with Gasteiger partial charge < -0.3 is 37.1 Å². The Labute approximate surface area is 618 Å². The van der Waals surface area contributed by atoms with Gasteiger partial charge in [0.15, 0.2) is 0 Å². The summed E-state index contributed by atoms with van der Waals surface area (Å²) in [5, 5.41) is 23.7. The zero-order valence-corrected chi connectivity index (χ0v) is 58.9. The summed E-state index contributed by atoms with van der Waals surface area (Å²) in [5.74, 6) is 0.617. The van der Waals surface area contributed by atoms with Crippen LogP contribution in [0, 0.1) is 0 Å². The lowest BCUT2D eigenvalue weighted by molar-refractivity contribution is 0.454. The third-order valence-electron chi connectivity index (χ3n) is 21.0. The van der Waals surface area contributed by atoms with Crippen molar-refractivity contribution in [2.45, 2.75) is 0 Å². The van der Waals surface area contributed by atoms with Crippen LogP contribution in [0.25, 0.3) is 176 Å². The van der Waals surface area contributed by atoms with Crippen molar-refractivity contribution in [2.75, 3.05) is 0 Å². The highest BCUT2D eigenvalue weighted by molar-refractivity contribution is 9.10. The van der Waals surface area contributed by atoms with Gasteiger partial charge in [0.25, 0.3) is 0 Å². The average Bonchev–Trinajstić information content (AvgIpc) is 1.61. The van der Waals surface area contributed by atoms with Crippen LogP contribution in [0.15, 0.2) is 381 Å². The number of halogens is 1. The minimum atomic E-state index is 0.617. The van der Waals surface area contributed by atoms with Gasteiger partial charge in [0.2, 0.25) is 0 Å². The van der Waals surface area contributed by atoms with Crippen molar-refractivity contribution in [2.24, 2.45) is 0 Å². The zero-order valence-electron chi connectivity index (χ0n) is 57.3. The van der Waals surface area contributed by atoms with Gasteiger partial charge in [-0.1, -0.05) is 222 Å². The molecule has 6 aromatic heterocycles. The number of hydrogen-bond donors (Lipinski definition) is 1. The molecule has 1 radical (unpaired) electrons. The molecular formula is C96H63BBrN6O2. The smallest absolute Gasteiger partial charge is 0.537 e. The molecule has 0 aliphatic heterocycles. The van der Waals surface area contributed by atoms with Crippen LogP contribution in [0.1, 0.15) is 0 Å². The van der Waals surface area contributed by atoms with Gasteiger partial charge >= 0.3 is 7.69 Å². The van der Waals surface area contributed by atoms with E-state index in [1.54, 1.807) is 0 Å². The number of aromatic nitrogens is 6. The van der Waals surface area contributed by atoms with Gasteiger partial charge in [0, 0.05) is 103 Å². The normalized spacial score (nSPS) is 11.7. The summed E-state index contributed by atoms with van der Waals surface area (Å²) in [5.41, 5.74) is 23.7. The summed E-state index contributed by atoms with van der Waals surface area (Å²) in [4.78, 5) is 0. The summed E-state index contributed by atoms with van der Waals surface area (Å²) >= 11 is 3.66. The van der Waals surface area contributed by atoms with Gasteiger partial charge in [-0.25, -0.2) is 0 Å². The first kappa shape index (κ1) is 62.4. The minimum Gasteiger partial charge on any atom is -0.537 e. The summed E-state index contributed by atoms with van der Waals surface area (Å²) < 4.78 is 20.4. The molecule has 0 saturated carbocycles. The Bertz CT molecular complexity index is 7170. The zero-order chi connectivity index (χ0) is 70.3. The predicted molar refractivity (Wildman–Crippen MR) is 447 cm³/mol. The highest BCUT2D eigenvalue weighted by atomic mass is 79.9. The summed E-state index contributed by atoms with van der Waals surface area (Å²) in [6.45, 7) is 0. The third kappa shape index (κ3) is 10.3. The summed E-state index contributed by atoms with van der Waals surface area (Å²) in [6, 6.07) is 134. The second-order valence-corrected chi connectivity index (χ2v) is 27.8. The first-order chi connectivity index (χ1) is 52.5. The summed E-state index contributed by atoms with van der Waals surface area (Å²) in [6.07, 6.45) is 0. The van der Waals surface area contributed by atoms with Gasteiger partial charge in [0.05, 0.1) is 66.2 Å². The van der Waals surface area contributed by atoms with Gasteiger partial charge in [0.1, 0.15) is 5.75 Å². The maximum atomic E-state index is 8.84. The number of nitrogens with zero attached hydrogens (tertiary/aromatic N) is 6. The van der Waals surface area contributed by atoms with Gasteiger partial charge in [-0.2, -0.15) is 0 Å². The van der Waals surface area contributed by atoms with Crippen molar-refractivity contribution in [3.05, 3.63) is 381 Å². The number of rotatable bonds is 9. The highest BCUT2D eigenvalue weighted by Crippen LogP contribution is 2.43.